The van der Waals surface area contributed by atoms with Crippen LogP contribution >= 0.6 is 0 Å². The molecule has 0 unspecified atom stereocenters. The van der Waals surface area contributed by atoms with E-state index >= 15 is 0 Å². The summed E-state index contributed by atoms with van der Waals surface area (Å²) < 4.78 is 5.90. The maximum atomic E-state index is 12.7. The number of aromatic hydroxyl groups is 1. The molecule has 0 spiro atoms. The van der Waals surface area contributed by atoms with Gasteiger partial charge in [-0.05, 0) is 37.5 Å². The molecule has 0 radical (unpaired) electrons. The van der Waals surface area contributed by atoms with Crippen molar-refractivity contribution in [3.05, 3.63) is 35.2 Å². The zero-order valence-corrected chi connectivity index (χ0v) is 15.9. The van der Waals surface area contributed by atoms with Crippen molar-refractivity contribution in [1.29, 1.82) is 0 Å². The van der Waals surface area contributed by atoms with Crippen LogP contribution in [0.25, 0.3) is 11.6 Å². The molecule has 28 heavy (non-hydrogen) atoms. The highest BCUT2D eigenvalue weighted by atomic mass is 16.4. The maximum absolute atomic E-state index is 12.7. The highest BCUT2D eigenvalue weighted by Crippen LogP contribution is 2.39. The Bertz CT molecular complexity index is 939. The fourth-order valence-corrected chi connectivity index (χ4v) is 3.49. The molecular weight excluding hydrogens is 356 g/mol. The smallest absolute Gasteiger partial charge is 0.222 e. The minimum absolute atomic E-state index is 0.114. The number of aromatic nitrogens is 1. The van der Waals surface area contributed by atoms with Crippen LogP contribution in [0, 0.1) is 0 Å². The monoisotopic (exact) mass is 380 g/mol. The van der Waals surface area contributed by atoms with Gasteiger partial charge < -0.3 is 9.52 Å². The van der Waals surface area contributed by atoms with Crippen LogP contribution in [0.4, 0.5) is 11.7 Å². The molecule has 7 heteroatoms. The molecule has 0 amide bonds. The number of furan rings is 1. The van der Waals surface area contributed by atoms with E-state index < -0.39 is 0 Å². The van der Waals surface area contributed by atoms with Crippen LogP contribution in [-0.2, 0) is 0 Å². The first-order valence-corrected chi connectivity index (χ1v) is 9.79. The number of carbonyl (C=O) groups is 1. The molecule has 146 valence electrons. The Morgan fingerprint density at radius 2 is 2.21 bits per heavy atom. The van der Waals surface area contributed by atoms with Gasteiger partial charge in [0.25, 0.3) is 0 Å². The molecule has 1 saturated heterocycles. The van der Waals surface area contributed by atoms with E-state index in [4.69, 9.17) is 4.42 Å². The highest BCUT2D eigenvalue weighted by molar-refractivity contribution is 6.21. The van der Waals surface area contributed by atoms with E-state index in [1.165, 1.54) is 0 Å². The number of hydrogen-bond donors (Lipinski definition) is 2. The number of fused-ring (bicyclic) bond motifs is 1. The van der Waals surface area contributed by atoms with E-state index in [1.54, 1.807) is 18.5 Å². The third kappa shape index (κ3) is 3.57. The van der Waals surface area contributed by atoms with Gasteiger partial charge in [0, 0.05) is 43.1 Å². The van der Waals surface area contributed by atoms with E-state index in [-0.39, 0.29) is 22.9 Å². The molecule has 4 heterocycles. The second kappa shape index (κ2) is 7.98. The largest absolute Gasteiger partial charge is 0.504 e. The molecule has 2 aromatic heterocycles. The Labute approximate surface area is 163 Å². The van der Waals surface area contributed by atoms with Crippen molar-refractivity contribution < 1.29 is 14.3 Å². The fourth-order valence-electron chi connectivity index (χ4n) is 3.49. The highest BCUT2D eigenvalue weighted by Gasteiger charge is 2.27. The second-order valence-corrected chi connectivity index (χ2v) is 7.08. The Balaban J connectivity index is 1.70. The molecule has 4 rings (SSSR count). The summed E-state index contributed by atoms with van der Waals surface area (Å²) in [6, 6.07) is 3.75. The van der Waals surface area contributed by atoms with Crippen molar-refractivity contribution in [3.63, 3.8) is 0 Å². The van der Waals surface area contributed by atoms with E-state index in [9.17, 15) is 9.90 Å². The average molecular weight is 380 g/mol. The SMILES string of the molecule is CCCCC(=O)c1c(NN2CCCC2)oc(C=C2C=Nc3ncccc32)c1O. The Morgan fingerprint density at radius 1 is 1.39 bits per heavy atom. The molecular formula is C21H24N4O3. The van der Waals surface area contributed by atoms with Crippen molar-refractivity contribution in [1.82, 2.24) is 9.99 Å². The Hall–Kier alpha value is -2.93. The lowest BCUT2D eigenvalue weighted by atomic mass is 10.1. The zero-order chi connectivity index (χ0) is 19.5. The van der Waals surface area contributed by atoms with Crippen LogP contribution in [0.2, 0.25) is 0 Å². The number of aliphatic imine (C=N–C) groups is 1. The molecule has 2 aromatic rings. The summed E-state index contributed by atoms with van der Waals surface area (Å²) in [6.45, 7) is 3.80. The van der Waals surface area contributed by atoms with Crippen molar-refractivity contribution >= 4 is 35.3 Å². The summed E-state index contributed by atoms with van der Waals surface area (Å²) in [5, 5.41) is 12.8. The zero-order valence-electron chi connectivity index (χ0n) is 15.9. The van der Waals surface area contributed by atoms with Crippen LogP contribution in [0.15, 0.2) is 27.7 Å². The third-order valence-corrected chi connectivity index (χ3v) is 5.02. The quantitative estimate of drug-likeness (QED) is 0.691. The molecule has 2 aliphatic heterocycles. The number of ketones is 1. The topological polar surface area (TPSA) is 91.0 Å². The van der Waals surface area contributed by atoms with Crippen molar-refractivity contribution in [2.45, 2.75) is 39.0 Å². The third-order valence-electron chi connectivity index (χ3n) is 5.02. The standard InChI is InChI=1S/C21H24N4O3/c1-2-3-8-16(26)18-19(27)17(28-21(18)24-25-10-4-5-11-25)12-14-13-23-20-15(14)7-6-9-22-20/h6-7,9,12-13,24,27H,2-5,8,10-11H2,1H3. The first-order chi connectivity index (χ1) is 13.7. The van der Waals surface area contributed by atoms with Crippen LogP contribution in [0.1, 0.15) is 60.7 Å². The average Bonchev–Trinajstić information content (AvgIpc) is 3.42. The molecule has 0 aliphatic carbocycles. The normalized spacial score (nSPS) is 17.4. The van der Waals surface area contributed by atoms with Gasteiger partial charge in [0.2, 0.25) is 5.88 Å². The summed E-state index contributed by atoms with van der Waals surface area (Å²) in [5.74, 6) is 0.959. The van der Waals surface area contributed by atoms with Gasteiger partial charge in [-0.25, -0.2) is 15.0 Å². The second-order valence-electron chi connectivity index (χ2n) is 7.08. The van der Waals surface area contributed by atoms with E-state index in [2.05, 4.69) is 15.4 Å². The first-order valence-electron chi connectivity index (χ1n) is 9.79. The molecule has 7 nitrogen and oxygen atoms in total. The number of allylic oxidation sites excluding steroid dienone is 1. The summed E-state index contributed by atoms with van der Waals surface area (Å²) in [6.07, 6.45) is 9.33. The molecule has 0 atom stereocenters. The number of nitrogens with zero attached hydrogens (tertiary/aromatic N) is 3. The van der Waals surface area contributed by atoms with Gasteiger partial charge in [-0.3, -0.25) is 10.2 Å². The summed E-state index contributed by atoms with van der Waals surface area (Å²) in [7, 11) is 0. The number of hydrazine groups is 1. The lowest BCUT2D eigenvalue weighted by Gasteiger charge is -2.16. The predicted octanol–water partition coefficient (Wildman–Crippen LogP) is 4.43. The lowest BCUT2D eigenvalue weighted by Crippen LogP contribution is -2.26. The number of pyridine rings is 1. The van der Waals surface area contributed by atoms with E-state index in [0.29, 0.717) is 18.1 Å². The predicted molar refractivity (Wildman–Crippen MR) is 109 cm³/mol. The van der Waals surface area contributed by atoms with E-state index in [1.807, 2.05) is 24.1 Å². The van der Waals surface area contributed by atoms with Gasteiger partial charge in [0.1, 0.15) is 5.56 Å². The minimum Gasteiger partial charge on any atom is -0.504 e. The fraction of sp³-hybridized carbons (Fsp3) is 0.381. The number of anilines is 1. The minimum atomic E-state index is -0.124. The molecule has 2 aliphatic rings. The van der Waals surface area contributed by atoms with Gasteiger partial charge in [-0.1, -0.05) is 13.3 Å². The number of rotatable bonds is 7. The molecule has 0 bridgehead atoms. The van der Waals surface area contributed by atoms with Gasteiger partial charge in [0.05, 0.1) is 0 Å². The van der Waals surface area contributed by atoms with Crippen molar-refractivity contribution in [3.8, 4) is 5.75 Å². The van der Waals surface area contributed by atoms with Gasteiger partial charge >= 0.3 is 0 Å². The Kier molecular flexibility index (Phi) is 5.25. The number of hydrogen-bond acceptors (Lipinski definition) is 7. The van der Waals surface area contributed by atoms with Crippen LogP contribution in [0.5, 0.6) is 5.75 Å². The maximum Gasteiger partial charge on any atom is 0.222 e. The Morgan fingerprint density at radius 3 is 3.00 bits per heavy atom. The van der Waals surface area contributed by atoms with Gasteiger partial charge in [0.15, 0.2) is 23.1 Å². The molecule has 1 fully saturated rings. The lowest BCUT2D eigenvalue weighted by molar-refractivity contribution is 0.0977. The van der Waals surface area contributed by atoms with Crippen LogP contribution < -0.4 is 5.43 Å². The summed E-state index contributed by atoms with van der Waals surface area (Å²) in [5.41, 5.74) is 5.06. The molecule has 0 aromatic carbocycles. The van der Waals surface area contributed by atoms with Gasteiger partial charge in [-0.2, -0.15) is 0 Å². The summed E-state index contributed by atoms with van der Waals surface area (Å²) >= 11 is 0. The molecule has 0 saturated carbocycles. The van der Waals surface area contributed by atoms with E-state index in [0.717, 1.165) is 49.9 Å². The number of Topliss-reactive ketones (excluding diaryl/α,β-unsaturated/α-hetero) is 1. The number of nitrogens with one attached hydrogen (secondary N) is 1. The number of unbranched alkanes of at least 4 members (excludes halogenated alkanes) is 1. The summed E-state index contributed by atoms with van der Waals surface area (Å²) in [4.78, 5) is 21.2. The number of carbonyl (C=O) groups excluding carboxylic acids is 1. The van der Waals surface area contributed by atoms with Crippen molar-refractivity contribution in [2.24, 2.45) is 4.99 Å². The van der Waals surface area contributed by atoms with Crippen LogP contribution in [0.3, 0.4) is 0 Å². The van der Waals surface area contributed by atoms with Gasteiger partial charge in [-0.15, -0.1) is 0 Å². The van der Waals surface area contributed by atoms with Crippen LogP contribution in [-0.4, -0.2) is 40.2 Å². The molecule has 2 N–H and O–H groups in total. The van der Waals surface area contributed by atoms with Crippen molar-refractivity contribution in [2.75, 3.05) is 18.5 Å². The first kappa shape index (κ1) is 18.4.